The number of hydrogen-bond donors (Lipinski definition) is 4. The van der Waals surface area contributed by atoms with Gasteiger partial charge in [0.15, 0.2) is 0 Å². The van der Waals surface area contributed by atoms with Gasteiger partial charge < -0.3 is 25.4 Å². The minimum absolute atomic E-state index is 0.491. The summed E-state index contributed by atoms with van der Waals surface area (Å²) in [5.41, 5.74) is -2.61. The number of alkyl carbamates (subject to hydrolysis) is 1. The lowest BCUT2D eigenvalue weighted by Gasteiger charge is -2.22. The summed E-state index contributed by atoms with van der Waals surface area (Å²) in [6.45, 7) is 4.38. The third-order valence-corrected chi connectivity index (χ3v) is 2.87. The Bertz CT molecular complexity index is 629. The molecule has 0 aromatic heterocycles. The molecule has 0 aliphatic rings. The van der Waals surface area contributed by atoms with Gasteiger partial charge in [0.25, 0.3) is 0 Å². The molecule has 0 saturated heterocycles. The fourth-order valence-electron chi connectivity index (χ4n) is 1.81. The molecule has 1 rings (SSSR count). The van der Waals surface area contributed by atoms with Crippen molar-refractivity contribution in [2.75, 3.05) is 6.54 Å². The Morgan fingerprint density at radius 1 is 1.25 bits per heavy atom. The molecule has 0 heterocycles. The van der Waals surface area contributed by atoms with Crippen LogP contribution in [0, 0.1) is 11.6 Å². The Morgan fingerprint density at radius 3 is 2.33 bits per heavy atom. The second-order valence-corrected chi connectivity index (χ2v) is 6.03. The molecular formula is C15H19F2NO6. The van der Waals surface area contributed by atoms with Gasteiger partial charge in [-0.3, -0.25) is 0 Å². The van der Waals surface area contributed by atoms with Crippen molar-refractivity contribution in [3.05, 3.63) is 34.9 Å². The van der Waals surface area contributed by atoms with Crippen LogP contribution >= 0.6 is 0 Å². The first-order valence-corrected chi connectivity index (χ1v) is 6.98. The quantitative estimate of drug-likeness (QED) is 0.643. The molecule has 1 amide bonds. The van der Waals surface area contributed by atoms with Crippen molar-refractivity contribution in [1.82, 2.24) is 5.32 Å². The van der Waals surface area contributed by atoms with Gasteiger partial charge in [-0.2, -0.15) is 0 Å². The second kappa shape index (κ2) is 7.54. The molecule has 0 aliphatic carbocycles. The Balaban J connectivity index is 2.83. The van der Waals surface area contributed by atoms with Crippen molar-refractivity contribution in [2.24, 2.45) is 0 Å². The molecule has 0 radical (unpaired) electrons. The molecule has 0 saturated carbocycles. The Hall–Kier alpha value is -2.26. The molecule has 0 bridgehead atoms. The summed E-state index contributed by atoms with van der Waals surface area (Å²) < 4.78 is 32.3. The average molecular weight is 347 g/mol. The van der Waals surface area contributed by atoms with Crippen LogP contribution in [0.1, 0.15) is 42.8 Å². The SMILES string of the molecule is CC(C)(C)OC(=O)NCC(O)C(O)c1ccc(F)c(C(=O)O)c1F. The predicted octanol–water partition coefficient (Wildman–Crippen LogP) is 1.58. The van der Waals surface area contributed by atoms with Crippen molar-refractivity contribution in [3.63, 3.8) is 0 Å². The van der Waals surface area contributed by atoms with E-state index >= 15 is 0 Å². The molecule has 7 nitrogen and oxygen atoms in total. The van der Waals surface area contributed by atoms with E-state index in [9.17, 15) is 28.6 Å². The van der Waals surface area contributed by atoms with Crippen molar-refractivity contribution in [3.8, 4) is 0 Å². The number of benzene rings is 1. The third-order valence-electron chi connectivity index (χ3n) is 2.87. The molecule has 2 atom stereocenters. The monoisotopic (exact) mass is 347 g/mol. The number of rotatable bonds is 5. The van der Waals surface area contributed by atoms with Crippen LogP contribution in [0.5, 0.6) is 0 Å². The zero-order chi connectivity index (χ0) is 18.7. The van der Waals surface area contributed by atoms with Crippen LogP contribution in [-0.2, 0) is 4.74 Å². The van der Waals surface area contributed by atoms with Gasteiger partial charge in [-0.1, -0.05) is 6.07 Å². The van der Waals surface area contributed by atoms with E-state index in [0.717, 1.165) is 6.07 Å². The zero-order valence-electron chi connectivity index (χ0n) is 13.3. The van der Waals surface area contributed by atoms with Crippen LogP contribution in [0.3, 0.4) is 0 Å². The van der Waals surface area contributed by atoms with Crippen LogP contribution in [-0.4, -0.2) is 45.6 Å². The molecule has 9 heteroatoms. The summed E-state index contributed by atoms with van der Waals surface area (Å²) >= 11 is 0. The first kappa shape index (κ1) is 19.8. The van der Waals surface area contributed by atoms with Gasteiger partial charge >= 0.3 is 12.1 Å². The summed E-state index contributed by atoms with van der Waals surface area (Å²) in [5.74, 6) is -4.65. The van der Waals surface area contributed by atoms with E-state index < -0.39 is 59.2 Å². The number of hydrogen-bond acceptors (Lipinski definition) is 5. The predicted molar refractivity (Wildman–Crippen MR) is 78.5 cm³/mol. The number of ether oxygens (including phenoxy) is 1. The highest BCUT2D eigenvalue weighted by Crippen LogP contribution is 2.24. The first-order chi connectivity index (χ1) is 10.9. The van der Waals surface area contributed by atoms with Gasteiger partial charge in [0, 0.05) is 12.1 Å². The highest BCUT2D eigenvalue weighted by atomic mass is 19.1. The van der Waals surface area contributed by atoms with Crippen molar-refractivity contribution >= 4 is 12.1 Å². The largest absolute Gasteiger partial charge is 0.477 e. The summed E-state index contributed by atoms with van der Waals surface area (Å²) in [5, 5.41) is 30.7. The molecule has 0 aliphatic heterocycles. The zero-order valence-corrected chi connectivity index (χ0v) is 13.3. The smallest absolute Gasteiger partial charge is 0.407 e. The lowest BCUT2D eigenvalue weighted by Crippen LogP contribution is -2.39. The minimum atomic E-state index is -1.88. The molecule has 1 aromatic carbocycles. The number of nitrogens with one attached hydrogen (secondary N) is 1. The van der Waals surface area contributed by atoms with E-state index in [-0.39, 0.29) is 0 Å². The summed E-state index contributed by atoms with van der Waals surface area (Å²) in [4.78, 5) is 22.3. The Morgan fingerprint density at radius 2 is 1.83 bits per heavy atom. The normalized spacial score (nSPS) is 14.0. The van der Waals surface area contributed by atoms with Crippen molar-refractivity contribution < 1.29 is 38.4 Å². The van der Waals surface area contributed by atoms with Crippen molar-refractivity contribution in [1.29, 1.82) is 0 Å². The van der Waals surface area contributed by atoms with Crippen LogP contribution < -0.4 is 5.32 Å². The molecule has 4 N–H and O–H groups in total. The highest BCUT2D eigenvalue weighted by Gasteiger charge is 2.28. The third kappa shape index (κ3) is 5.14. The molecule has 0 spiro atoms. The van der Waals surface area contributed by atoms with Gasteiger partial charge in [-0.05, 0) is 26.8 Å². The van der Waals surface area contributed by atoms with E-state index in [2.05, 4.69) is 5.32 Å². The number of aliphatic hydroxyl groups excluding tert-OH is 2. The van der Waals surface area contributed by atoms with E-state index in [1.54, 1.807) is 20.8 Å². The topological polar surface area (TPSA) is 116 Å². The summed E-state index contributed by atoms with van der Waals surface area (Å²) in [6, 6.07) is 1.48. The molecule has 1 aromatic rings. The van der Waals surface area contributed by atoms with Gasteiger partial charge in [0.2, 0.25) is 0 Å². The van der Waals surface area contributed by atoms with E-state index in [1.807, 2.05) is 0 Å². The first-order valence-electron chi connectivity index (χ1n) is 6.98. The lowest BCUT2D eigenvalue weighted by atomic mass is 10.0. The average Bonchev–Trinajstić information content (AvgIpc) is 2.42. The number of carbonyl (C=O) groups is 2. The number of amides is 1. The van der Waals surface area contributed by atoms with Crippen LogP contribution in [0.25, 0.3) is 0 Å². The van der Waals surface area contributed by atoms with E-state index in [1.165, 1.54) is 0 Å². The number of aliphatic hydroxyl groups is 2. The van der Waals surface area contributed by atoms with Gasteiger partial charge in [-0.25, -0.2) is 18.4 Å². The highest BCUT2D eigenvalue weighted by molar-refractivity contribution is 5.88. The molecule has 2 unspecified atom stereocenters. The van der Waals surface area contributed by atoms with Gasteiger partial charge in [-0.15, -0.1) is 0 Å². The number of carboxylic acids is 1. The van der Waals surface area contributed by atoms with Gasteiger partial charge in [0.1, 0.15) is 35.0 Å². The number of carboxylic acid groups (broad SMARTS) is 1. The Labute approximate surface area is 136 Å². The van der Waals surface area contributed by atoms with E-state index in [4.69, 9.17) is 9.84 Å². The van der Waals surface area contributed by atoms with Crippen LogP contribution in [0.2, 0.25) is 0 Å². The fourth-order valence-corrected chi connectivity index (χ4v) is 1.81. The van der Waals surface area contributed by atoms with E-state index in [0.29, 0.717) is 6.07 Å². The van der Waals surface area contributed by atoms with Crippen LogP contribution in [0.15, 0.2) is 12.1 Å². The maximum Gasteiger partial charge on any atom is 0.407 e. The van der Waals surface area contributed by atoms with Crippen LogP contribution in [0.4, 0.5) is 13.6 Å². The maximum atomic E-state index is 14.0. The van der Waals surface area contributed by atoms with Gasteiger partial charge in [0.05, 0.1) is 0 Å². The minimum Gasteiger partial charge on any atom is -0.477 e. The number of halogens is 2. The second-order valence-electron chi connectivity index (χ2n) is 6.03. The molecule has 134 valence electrons. The van der Waals surface area contributed by atoms with Crippen molar-refractivity contribution in [2.45, 2.75) is 38.6 Å². The summed E-state index contributed by atoms with van der Waals surface area (Å²) in [7, 11) is 0. The standard InChI is InChI=1S/C15H19F2NO6/c1-15(2,3)24-14(23)18-6-9(19)12(20)7-4-5-8(16)10(11(7)17)13(21)22/h4-5,9,12,19-20H,6H2,1-3H3,(H,18,23)(H,21,22). The summed E-state index contributed by atoms with van der Waals surface area (Å²) in [6.07, 6.45) is -4.41. The lowest BCUT2D eigenvalue weighted by molar-refractivity contribution is 0.0111. The molecule has 0 fully saturated rings. The molecular weight excluding hydrogens is 328 g/mol. The number of carbonyl (C=O) groups excluding carboxylic acids is 1. The Kier molecular flexibility index (Phi) is 6.22. The fraction of sp³-hybridized carbons (Fsp3) is 0.467. The molecule has 24 heavy (non-hydrogen) atoms. The maximum absolute atomic E-state index is 14.0. The number of aromatic carboxylic acids is 1.